The van der Waals surface area contributed by atoms with Crippen molar-refractivity contribution in [3.8, 4) is 0 Å². The molecule has 2 aliphatic heterocycles. The van der Waals surface area contributed by atoms with Gasteiger partial charge in [-0.1, -0.05) is 23.8 Å². The van der Waals surface area contributed by atoms with Crippen LogP contribution in [0.2, 0.25) is 0 Å². The van der Waals surface area contributed by atoms with E-state index in [0.717, 1.165) is 58.7 Å². The quantitative estimate of drug-likeness (QED) is 0.819. The number of hydrogen-bond donors (Lipinski definition) is 0. The van der Waals surface area contributed by atoms with Crippen molar-refractivity contribution in [2.45, 2.75) is 46.1 Å². The lowest BCUT2D eigenvalue weighted by Gasteiger charge is -2.33. The van der Waals surface area contributed by atoms with E-state index >= 15 is 0 Å². The summed E-state index contributed by atoms with van der Waals surface area (Å²) in [6.07, 6.45) is 4.64. The molecule has 2 saturated heterocycles. The van der Waals surface area contributed by atoms with E-state index in [9.17, 15) is 4.79 Å². The zero-order valence-corrected chi connectivity index (χ0v) is 17.3. The first kappa shape index (κ1) is 18.9. The smallest absolute Gasteiger partial charge is 0.226 e. The van der Waals surface area contributed by atoms with Crippen molar-refractivity contribution in [2.75, 3.05) is 46.3 Å². The van der Waals surface area contributed by atoms with E-state index in [2.05, 4.69) is 53.8 Å². The number of aryl methyl sites for hydroxylation is 2. The van der Waals surface area contributed by atoms with Gasteiger partial charge in [0.05, 0.1) is 0 Å². The second kappa shape index (κ2) is 7.56. The first-order valence-corrected chi connectivity index (χ1v) is 10.7. The molecule has 148 valence electrons. The molecule has 4 nitrogen and oxygen atoms in total. The summed E-state index contributed by atoms with van der Waals surface area (Å²) < 4.78 is 0. The molecule has 27 heavy (non-hydrogen) atoms. The first-order valence-electron chi connectivity index (χ1n) is 10.7. The van der Waals surface area contributed by atoms with Gasteiger partial charge in [-0.15, -0.1) is 0 Å². The minimum atomic E-state index is 0.309. The average molecular weight is 370 g/mol. The highest BCUT2D eigenvalue weighted by Gasteiger charge is 2.59. The van der Waals surface area contributed by atoms with Crippen LogP contribution in [0.3, 0.4) is 0 Å². The van der Waals surface area contributed by atoms with Crippen molar-refractivity contribution >= 4 is 5.91 Å². The van der Waals surface area contributed by atoms with Gasteiger partial charge in [0, 0.05) is 32.1 Å². The van der Waals surface area contributed by atoms with E-state index in [0.29, 0.717) is 17.2 Å². The number of carbonyl (C=O) groups is 1. The van der Waals surface area contributed by atoms with Gasteiger partial charge in [0.15, 0.2) is 0 Å². The number of benzene rings is 1. The monoisotopic (exact) mass is 369 g/mol. The fraction of sp³-hybridized carbons (Fsp3) is 0.696. The Morgan fingerprint density at radius 2 is 1.85 bits per heavy atom. The Morgan fingerprint density at radius 3 is 2.59 bits per heavy atom. The third kappa shape index (κ3) is 4.07. The maximum absolute atomic E-state index is 13.0. The topological polar surface area (TPSA) is 26.8 Å². The van der Waals surface area contributed by atoms with Crippen LogP contribution in [0, 0.1) is 25.2 Å². The minimum absolute atomic E-state index is 0.309. The highest BCUT2D eigenvalue weighted by molar-refractivity contribution is 5.82. The summed E-state index contributed by atoms with van der Waals surface area (Å²) in [6.45, 7) is 11.7. The van der Waals surface area contributed by atoms with Crippen LogP contribution in [-0.4, -0.2) is 66.9 Å². The normalized spacial score (nSPS) is 26.2. The molecule has 4 heteroatoms. The number of likely N-dealkylation sites (N-methyl/N-ethyl adjacent to an activating group) is 1. The molecule has 0 N–H and O–H groups in total. The van der Waals surface area contributed by atoms with Crippen molar-refractivity contribution in [2.24, 2.45) is 11.3 Å². The highest BCUT2D eigenvalue weighted by Crippen LogP contribution is 2.60. The van der Waals surface area contributed by atoms with Crippen molar-refractivity contribution in [1.29, 1.82) is 0 Å². The van der Waals surface area contributed by atoms with Gasteiger partial charge < -0.3 is 9.80 Å². The molecule has 3 fully saturated rings. The molecule has 0 radical (unpaired) electrons. The molecule has 1 aromatic carbocycles. The van der Waals surface area contributed by atoms with E-state index in [4.69, 9.17) is 0 Å². The molecule has 1 spiro atoms. The number of hydrogen-bond acceptors (Lipinski definition) is 3. The van der Waals surface area contributed by atoms with E-state index < -0.39 is 0 Å². The van der Waals surface area contributed by atoms with Gasteiger partial charge >= 0.3 is 0 Å². The van der Waals surface area contributed by atoms with Gasteiger partial charge in [0.2, 0.25) is 5.91 Å². The predicted molar refractivity (Wildman–Crippen MR) is 110 cm³/mol. The summed E-state index contributed by atoms with van der Waals surface area (Å²) >= 11 is 0. The molecule has 0 aromatic heterocycles. The van der Waals surface area contributed by atoms with Gasteiger partial charge in [-0.3, -0.25) is 9.69 Å². The zero-order chi connectivity index (χ0) is 19.0. The third-order valence-corrected chi connectivity index (χ3v) is 7.26. The van der Waals surface area contributed by atoms with Gasteiger partial charge in [0.1, 0.15) is 0 Å². The molecular weight excluding hydrogens is 334 g/mol. The maximum Gasteiger partial charge on any atom is 0.226 e. The van der Waals surface area contributed by atoms with Crippen molar-refractivity contribution in [3.63, 3.8) is 0 Å². The molecule has 4 rings (SSSR count). The van der Waals surface area contributed by atoms with Crippen LogP contribution in [0.5, 0.6) is 0 Å². The lowest BCUT2D eigenvalue weighted by Crippen LogP contribution is -2.39. The van der Waals surface area contributed by atoms with E-state index in [1.165, 1.54) is 29.5 Å². The van der Waals surface area contributed by atoms with Gasteiger partial charge in [0.25, 0.3) is 0 Å². The number of rotatable bonds is 3. The van der Waals surface area contributed by atoms with E-state index in [1.807, 2.05) is 0 Å². The molecule has 1 saturated carbocycles. The molecule has 1 atom stereocenters. The summed E-state index contributed by atoms with van der Waals surface area (Å²) in [4.78, 5) is 20.1. The summed E-state index contributed by atoms with van der Waals surface area (Å²) in [5, 5.41) is 0. The molecule has 0 bridgehead atoms. The number of nitrogens with zero attached hydrogens (tertiary/aromatic N) is 3. The van der Waals surface area contributed by atoms with Gasteiger partial charge in [-0.2, -0.15) is 0 Å². The number of piperidine rings is 1. The van der Waals surface area contributed by atoms with Gasteiger partial charge in [-0.25, -0.2) is 0 Å². The lowest BCUT2D eigenvalue weighted by molar-refractivity contribution is -0.133. The molecule has 1 amide bonds. The van der Waals surface area contributed by atoms with Crippen LogP contribution < -0.4 is 0 Å². The second-order valence-corrected chi connectivity index (χ2v) is 9.31. The van der Waals surface area contributed by atoms with Crippen LogP contribution in [0.1, 0.15) is 42.4 Å². The largest absolute Gasteiger partial charge is 0.341 e. The Balaban J connectivity index is 1.30. The maximum atomic E-state index is 13.0. The fourth-order valence-electron chi connectivity index (χ4n) is 5.16. The summed E-state index contributed by atoms with van der Waals surface area (Å²) in [7, 11) is 2.16. The third-order valence-electron chi connectivity index (χ3n) is 7.26. The Labute approximate surface area is 164 Å². The fourth-order valence-corrected chi connectivity index (χ4v) is 5.16. The predicted octanol–water partition coefficient (Wildman–Crippen LogP) is 3.07. The SMILES string of the molecule is Cc1ccc(CN2CCC3(CC2)CC3C(=O)N2CCCN(C)CC2)c(C)c1. The Kier molecular flexibility index (Phi) is 5.30. The van der Waals surface area contributed by atoms with E-state index in [1.54, 1.807) is 0 Å². The van der Waals surface area contributed by atoms with E-state index in [-0.39, 0.29) is 0 Å². The number of amides is 1. The minimum Gasteiger partial charge on any atom is -0.341 e. The Bertz CT molecular complexity index is 693. The van der Waals surface area contributed by atoms with Gasteiger partial charge in [-0.05, 0) is 82.8 Å². The molecular formula is C23H35N3O. The van der Waals surface area contributed by atoms with Crippen LogP contribution in [0.15, 0.2) is 18.2 Å². The molecule has 1 aromatic rings. The molecule has 2 heterocycles. The van der Waals surface area contributed by atoms with Crippen LogP contribution in [-0.2, 0) is 11.3 Å². The summed E-state index contributed by atoms with van der Waals surface area (Å²) in [5.41, 5.74) is 4.52. The van der Waals surface area contributed by atoms with Crippen LogP contribution >= 0.6 is 0 Å². The average Bonchev–Trinajstić information content (AvgIpc) is 3.39. The standard InChI is InChI=1S/C23H35N3O/c1-18-5-6-20(19(2)15-18)17-25-11-7-23(8-12-25)16-21(23)22(27)26-10-4-9-24(3)13-14-26/h5-6,15,21H,4,7-14,16-17H2,1-3H3. The highest BCUT2D eigenvalue weighted by atomic mass is 16.2. The summed E-state index contributed by atoms with van der Waals surface area (Å²) in [6, 6.07) is 6.80. The molecule has 3 aliphatic rings. The van der Waals surface area contributed by atoms with Crippen molar-refractivity contribution < 1.29 is 4.79 Å². The van der Waals surface area contributed by atoms with Crippen LogP contribution in [0.25, 0.3) is 0 Å². The first-order chi connectivity index (χ1) is 13.0. The number of carbonyl (C=O) groups excluding carboxylic acids is 1. The molecule has 1 aliphatic carbocycles. The second-order valence-electron chi connectivity index (χ2n) is 9.31. The van der Waals surface area contributed by atoms with Crippen molar-refractivity contribution in [3.05, 3.63) is 34.9 Å². The molecule has 1 unspecified atom stereocenters. The Morgan fingerprint density at radius 1 is 1.07 bits per heavy atom. The zero-order valence-electron chi connectivity index (χ0n) is 17.3. The Hall–Kier alpha value is -1.39. The van der Waals surface area contributed by atoms with Crippen LogP contribution in [0.4, 0.5) is 0 Å². The lowest BCUT2D eigenvalue weighted by atomic mass is 9.90. The van der Waals surface area contributed by atoms with Crippen molar-refractivity contribution in [1.82, 2.24) is 14.7 Å². The number of likely N-dealkylation sites (tertiary alicyclic amines) is 1. The summed E-state index contributed by atoms with van der Waals surface area (Å²) in [5.74, 6) is 0.761.